The van der Waals surface area contributed by atoms with Gasteiger partial charge in [0.1, 0.15) is 5.60 Å². The molecule has 0 fully saturated rings. The van der Waals surface area contributed by atoms with Gasteiger partial charge < -0.3 is 9.47 Å². The Kier molecular flexibility index (Phi) is 6.23. The molecule has 7 heteroatoms. The number of rotatable bonds is 8. The van der Waals surface area contributed by atoms with Crippen molar-refractivity contribution in [2.24, 2.45) is 0 Å². The van der Waals surface area contributed by atoms with E-state index in [9.17, 15) is 4.79 Å². The lowest BCUT2D eigenvalue weighted by molar-refractivity contribution is -0.139. The van der Waals surface area contributed by atoms with Crippen molar-refractivity contribution in [3.63, 3.8) is 0 Å². The summed E-state index contributed by atoms with van der Waals surface area (Å²) in [5.74, 6) is -0.0224. The van der Waals surface area contributed by atoms with Gasteiger partial charge in [-0.25, -0.2) is 0 Å². The van der Waals surface area contributed by atoms with E-state index in [0.29, 0.717) is 11.6 Å². The van der Waals surface area contributed by atoms with Crippen molar-refractivity contribution < 1.29 is 14.3 Å². The lowest BCUT2D eigenvalue weighted by Crippen LogP contribution is -2.32. The van der Waals surface area contributed by atoms with E-state index in [-0.39, 0.29) is 12.4 Å². The van der Waals surface area contributed by atoms with Crippen LogP contribution in [0.25, 0.3) is 11.3 Å². The topological polar surface area (TPSA) is 53.4 Å². The first-order valence-electron chi connectivity index (χ1n) is 8.88. The molecular formula is C21H23ClN2O3S. The van der Waals surface area contributed by atoms with Crippen molar-refractivity contribution in [2.75, 3.05) is 7.11 Å². The van der Waals surface area contributed by atoms with Crippen LogP contribution in [0.4, 0.5) is 0 Å². The first kappa shape index (κ1) is 20.6. The molecule has 1 aromatic carbocycles. The Balaban J connectivity index is 1.93. The number of benzene rings is 1. The summed E-state index contributed by atoms with van der Waals surface area (Å²) in [6.45, 7) is 5.83. The summed E-state index contributed by atoms with van der Waals surface area (Å²) in [4.78, 5) is 11.7. The quantitative estimate of drug-likeness (QED) is 0.504. The molecule has 0 bridgehead atoms. The first-order valence-corrected chi connectivity index (χ1v) is 10.1. The van der Waals surface area contributed by atoms with Crippen LogP contribution in [0.1, 0.15) is 32.0 Å². The normalized spacial score (nSPS) is 11.6. The minimum Gasteiger partial charge on any atom is -0.487 e. The summed E-state index contributed by atoms with van der Waals surface area (Å²) in [5, 5.41) is 8.26. The Labute approximate surface area is 173 Å². The molecule has 0 N–H and O–H groups in total. The van der Waals surface area contributed by atoms with E-state index in [0.717, 1.165) is 27.6 Å². The Hall–Kier alpha value is -2.15. The van der Waals surface area contributed by atoms with Gasteiger partial charge in [0.15, 0.2) is 10.8 Å². The lowest BCUT2D eigenvalue weighted by Gasteiger charge is -2.21. The van der Waals surface area contributed by atoms with Crippen LogP contribution in [0.3, 0.4) is 0 Å². The van der Waals surface area contributed by atoms with Gasteiger partial charge in [-0.05, 0) is 38.5 Å². The number of carbonyl (C=O) groups excluding carboxylic acids is 1. The van der Waals surface area contributed by atoms with Gasteiger partial charge in [0.25, 0.3) is 0 Å². The number of hydrogen-bond acceptors (Lipinski definition) is 5. The number of carbonyl (C=O) groups is 1. The number of methoxy groups -OCH3 is 1. The molecule has 5 nitrogen and oxygen atoms in total. The zero-order valence-electron chi connectivity index (χ0n) is 16.4. The molecule has 28 heavy (non-hydrogen) atoms. The highest BCUT2D eigenvalue weighted by Crippen LogP contribution is 2.32. The second-order valence-corrected chi connectivity index (χ2v) is 8.26. The molecule has 0 amide bonds. The number of halogens is 1. The third-order valence-electron chi connectivity index (χ3n) is 4.61. The fourth-order valence-electron chi connectivity index (χ4n) is 2.60. The monoisotopic (exact) mass is 418 g/mol. The molecule has 0 saturated heterocycles. The maximum absolute atomic E-state index is 11.7. The fraction of sp³-hybridized carbons (Fsp3) is 0.333. The second kappa shape index (κ2) is 8.47. The van der Waals surface area contributed by atoms with Crippen LogP contribution in [0.5, 0.6) is 5.06 Å². The number of ether oxygens (including phenoxy) is 2. The molecule has 0 aliphatic heterocycles. The van der Waals surface area contributed by atoms with E-state index in [4.69, 9.17) is 26.2 Å². The third kappa shape index (κ3) is 4.63. The number of Topliss-reactive ketones (excluding diaryl/α,β-unsaturated/α-hetero) is 1. The number of thiophene rings is 1. The third-order valence-corrected chi connectivity index (χ3v) is 5.87. The number of hydrogen-bond donors (Lipinski definition) is 0. The minimum atomic E-state index is -0.849. The molecule has 0 spiro atoms. The van der Waals surface area contributed by atoms with E-state index in [1.807, 2.05) is 46.5 Å². The molecule has 3 rings (SSSR count). The average Bonchev–Trinajstić information content (AvgIpc) is 3.28. The Morgan fingerprint density at radius 1 is 1.29 bits per heavy atom. The van der Waals surface area contributed by atoms with Gasteiger partial charge in [0.05, 0.1) is 31.6 Å². The second-order valence-electron chi connectivity index (χ2n) is 6.98. The highest BCUT2D eigenvalue weighted by molar-refractivity contribution is 7.12. The van der Waals surface area contributed by atoms with Crippen molar-refractivity contribution in [3.8, 4) is 16.3 Å². The molecule has 0 saturated carbocycles. The van der Waals surface area contributed by atoms with Gasteiger partial charge >= 0.3 is 0 Å². The number of ketones is 1. The first-order chi connectivity index (χ1) is 13.3. The summed E-state index contributed by atoms with van der Waals surface area (Å²) in [7, 11) is 1.65. The molecular weight excluding hydrogens is 396 g/mol. The van der Waals surface area contributed by atoms with Crippen LogP contribution in [0.2, 0.25) is 5.02 Å². The summed E-state index contributed by atoms with van der Waals surface area (Å²) in [5.41, 5.74) is 2.84. The number of nitrogens with zero attached hydrogens (tertiary/aromatic N) is 2. The van der Waals surface area contributed by atoms with Crippen LogP contribution < -0.4 is 4.74 Å². The van der Waals surface area contributed by atoms with Crippen LogP contribution >= 0.6 is 22.9 Å². The van der Waals surface area contributed by atoms with Crippen molar-refractivity contribution in [1.82, 2.24) is 9.78 Å². The zero-order valence-corrected chi connectivity index (χ0v) is 17.9. The smallest absolute Gasteiger partial charge is 0.173 e. The van der Waals surface area contributed by atoms with E-state index in [1.54, 1.807) is 21.0 Å². The molecule has 2 heterocycles. The van der Waals surface area contributed by atoms with Crippen molar-refractivity contribution >= 4 is 28.7 Å². The molecule has 3 aromatic rings. The van der Waals surface area contributed by atoms with Gasteiger partial charge in [-0.15, -0.1) is 11.3 Å². The van der Waals surface area contributed by atoms with Gasteiger partial charge in [0.2, 0.25) is 0 Å². The van der Waals surface area contributed by atoms with Crippen LogP contribution in [-0.4, -0.2) is 28.3 Å². The van der Waals surface area contributed by atoms with Gasteiger partial charge in [-0.1, -0.05) is 29.8 Å². The molecule has 0 aliphatic carbocycles. The maximum atomic E-state index is 11.7. The summed E-state index contributed by atoms with van der Waals surface area (Å²) in [6, 6.07) is 11.7. The van der Waals surface area contributed by atoms with Crippen molar-refractivity contribution in [2.45, 2.75) is 39.5 Å². The standard InChI is InChI=1S/C21H23ClN2O3S/c1-14(25)21(2,3)27-12-17-10-19(16-9-20(26-4)28-13-16)24(23-17)11-15-7-5-6-8-18(15)22/h5-10,13H,11-12H2,1-4H3. The minimum absolute atomic E-state index is 0.0224. The Bertz CT molecular complexity index is 978. The van der Waals surface area contributed by atoms with Gasteiger partial charge in [-0.2, -0.15) is 5.10 Å². The van der Waals surface area contributed by atoms with E-state index < -0.39 is 5.60 Å². The molecule has 0 aliphatic rings. The maximum Gasteiger partial charge on any atom is 0.173 e. The van der Waals surface area contributed by atoms with Crippen LogP contribution in [-0.2, 0) is 22.7 Å². The highest BCUT2D eigenvalue weighted by atomic mass is 35.5. The largest absolute Gasteiger partial charge is 0.487 e. The van der Waals surface area contributed by atoms with Crippen LogP contribution in [0.15, 0.2) is 41.8 Å². The summed E-state index contributed by atoms with van der Waals surface area (Å²) >= 11 is 7.87. The highest BCUT2D eigenvalue weighted by Gasteiger charge is 2.25. The Morgan fingerprint density at radius 3 is 2.68 bits per heavy atom. The molecule has 0 atom stereocenters. The number of aromatic nitrogens is 2. The van der Waals surface area contributed by atoms with Crippen LogP contribution in [0, 0.1) is 0 Å². The predicted octanol–water partition coefficient (Wildman–Crippen LogP) is 5.21. The lowest BCUT2D eigenvalue weighted by atomic mass is 10.1. The fourth-order valence-corrected chi connectivity index (χ4v) is 3.51. The Morgan fingerprint density at radius 2 is 2.04 bits per heavy atom. The average molecular weight is 419 g/mol. The molecule has 0 unspecified atom stereocenters. The van der Waals surface area contributed by atoms with Crippen molar-refractivity contribution in [1.29, 1.82) is 0 Å². The predicted molar refractivity (Wildman–Crippen MR) is 112 cm³/mol. The van der Waals surface area contributed by atoms with E-state index in [1.165, 1.54) is 18.3 Å². The zero-order chi connectivity index (χ0) is 20.3. The molecule has 148 valence electrons. The van der Waals surface area contributed by atoms with E-state index in [2.05, 4.69) is 0 Å². The summed E-state index contributed by atoms with van der Waals surface area (Å²) < 4.78 is 13.0. The molecule has 0 radical (unpaired) electrons. The van der Waals surface area contributed by atoms with Crippen molar-refractivity contribution in [3.05, 3.63) is 58.1 Å². The SMILES string of the molecule is COc1cc(-c2cc(COC(C)(C)C(C)=O)nn2Cc2ccccc2Cl)cs1. The van der Waals surface area contributed by atoms with E-state index >= 15 is 0 Å². The molecule has 2 aromatic heterocycles. The van der Waals surface area contributed by atoms with Gasteiger partial charge in [0, 0.05) is 22.0 Å². The van der Waals surface area contributed by atoms with Gasteiger partial charge in [-0.3, -0.25) is 9.48 Å². The summed E-state index contributed by atoms with van der Waals surface area (Å²) in [6.07, 6.45) is 0.